The molecule has 0 aromatic heterocycles. The molecule has 180 valence electrons. The van der Waals surface area contributed by atoms with Crippen LogP contribution < -0.4 is 14.2 Å². The van der Waals surface area contributed by atoms with Gasteiger partial charge in [-0.05, 0) is 78.9 Å². The largest absolute Gasteiger partial charge is 0.497 e. The third kappa shape index (κ3) is 5.24. The van der Waals surface area contributed by atoms with E-state index in [0.717, 1.165) is 11.3 Å². The topological polar surface area (TPSA) is 44.8 Å². The highest BCUT2D eigenvalue weighted by atomic mass is 19.1. The Morgan fingerprint density at radius 2 is 1.35 bits per heavy atom. The minimum atomic E-state index is -0.515. The third-order valence-electron chi connectivity index (χ3n) is 6.78. The number of carbonyl (C=O) groups is 1. The molecule has 0 radical (unpaired) electrons. The second-order valence-electron chi connectivity index (χ2n) is 8.36. The molecular weight excluding hydrogens is 431 g/mol. The third-order valence-corrected chi connectivity index (χ3v) is 6.78. The van der Waals surface area contributed by atoms with Crippen LogP contribution >= 0.6 is 0 Å². The summed E-state index contributed by atoms with van der Waals surface area (Å²) in [6.45, 7) is 6.42. The Kier molecular flexibility index (Phi) is 8.32. The molecule has 5 heteroatoms. The average molecular weight is 465 g/mol. The number of carbonyl (C=O) groups excluding carboxylic acids is 1. The zero-order valence-corrected chi connectivity index (χ0v) is 20.6. The van der Waals surface area contributed by atoms with Gasteiger partial charge < -0.3 is 14.2 Å². The van der Waals surface area contributed by atoms with E-state index in [0.29, 0.717) is 54.1 Å². The second-order valence-corrected chi connectivity index (χ2v) is 8.36. The molecule has 3 aromatic carbocycles. The molecule has 0 amide bonds. The van der Waals surface area contributed by atoms with Crippen molar-refractivity contribution in [3.63, 3.8) is 0 Å². The molecule has 0 N–H and O–H groups in total. The lowest BCUT2D eigenvalue weighted by Gasteiger charge is -2.30. The summed E-state index contributed by atoms with van der Waals surface area (Å²) < 4.78 is 31.4. The van der Waals surface area contributed by atoms with E-state index >= 15 is 0 Å². The van der Waals surface area contributed by atoms with Gasteiger partial charge in [0, 0.05) is 16.5 Å². The minimum Gasteiger partial charge on any atom is -0.497 e. The van der Waals surface area contributed by atoms with Crippen LogP contribution in [0, 0.1) is 11.2 Å². The van der Waals surface area contributed by atoms with Crippen molar-refractivity contribution in [2.24, 2.45) is 5.41 Å². The van der Waals surface area contributed by atoms with Gasteiger partial charge in [-0.3, -0.25) is 4.79 Å². The fourth-order valence-corrected chi connectivity index (χ4v) is 4.28. The summed E-state index contributed by atoms with van der Waals surface area (Å²) in [4.78, 5) is 13.9. The van der Waals surface area contributed by atoms with E-state index in [2.05, 4.69) is 0 Å². The fourth-order valence-electron chi connectivity index (χ4n) is 4.28. The van der Waals surface area contributed by atoms with Crippen LogP contribution in [0.5, 0.6) is 17.2 Å². The van der Waals surface area contributed by atoms with Gasteiger partial charge >= 0.3 is 0 Å². The van der Waals surface area contributed by atoms with Gasteiger partial charge in [0.05, 0.1) is 14.2 Å². The van der Waals surface area contributed by atoms with Crippen molar-refractivity contribution in [3.8, 4) is 28.4 Å². The lowest BCUT2D eigenvalue weighted by Crippen LogP contribution is -2.29. The molecule has 0 saturated carbocycles. The minimum absolute atomic E-state index is 0.00659. The molecule has 0 saturated heterocycles. The molecule has 4 nitrogen and oxygen atoms in total. The average Bonchev–Trinajstić information content (AvgIpc) is 2.89. The highest BCUT2D eigenvalue weighted by Crippen LogP contribution is 2.40. The Hall–Kier alpha value is -3.34. The Bertz CT molecular complexity index is 1110. The Morgan fingerprint density at radius 1 is 0.765 bits per heavy atom. The van der Waals surface area contributed by atoms with E-state index < -0.39 is 11.2 Å². The molecule has 0 aliphatic rings. The van der Waals surface area contributed by atoms with E-state index in [1.807, 2.05) is 45.0 Å². The number of hydrogen-bond donors (Lipinski definition) is 0. The molecule has 0 fully saturated rings. The smallest absolute Gasteiger partial charge is 0.169 e. The van der Waals surface area contributed by atoms with Crippen molar-refractivity contribution in [3.05, 3.63) is 77.6 Å². The predicted octanol–water partition coefficient (Wildman–Crippen LogP) is 7.49. The van der Waals surface area contributed by atoms with Crippen LogP contribution in [0.15, 0.2) is 60.7 Å². The van der Waals surface area contributed by atoms with Gasteiger partial charge in [-0.2, -0.15) is 0 Å². The number of hydrogen-bond acceptors (Lipinski definition) is 4. The molecule has 0 atom stereocenters. The van der Waals surface area contributed by atoms with Crippen LogP contribution in [-0.4, -0.2) is 20.0 Å². The first-order valence-electron chi connectivity index (χ1n) is 11.7. The molecule has 0 aliphatic carbocycles. The van der Waals surface area contributed by atoms with E-state index in [4.69, 9.17) is 14.2 Å². The van der Waals surface area contributed by atoms with Crippen LogP contribution in [0.2, 0.25) is 0 Å². The maximum atomic E-state index is 14.9. The van der Waals surface area contributed by atoms with Crippen molar-refractivity contribution in [1.29, 1.82) is 0 Å². The number of Topliss-reactive ketones (excluding diaryl/α,β-unsaturated/α-hetero) is 1. The second kappa shape index (κ2) is 11.2. The quantitative estimate of drug-likeness (QED) is 0.276. The number of benzene rings is 3. The molecule has 3 aromatic rings. The van der Waals surface area contributed by atoms with E-state index in [-0.39, 0.29) is 5.78 Å². The first-order valence-corrected chi connectivity index (χ1v) is 11.7. The van der Waals surface area contributed by atoms with Gasteiger partial charge in [0.15, 0.2) is 5.78 Å². The van der Waals surface area contributed by atoms with E-state index in [1.165, 1.54) is 13.2 Å². The molecule has 0 spiro atoms. The van der Waals surface area contributed by atoms with Crippen molar-refractivity contribution in [2.45, 2.75) is 46.6 Å². The van der Waals surface area contributed by atoms with Gasteiger partial charge in [0.2, 0.25) is 0 Å². The molecular formula is C29H33FO4. The van der Waals surface area contributed by atoms with Crippen LogP contribution in [0.4, 0.5) is 4.39 Å². The maximum absolute atomic E-state index is 14.9. The van der Waals surface area contributed by atoms with Crippen LogP contribution in [-0.2, 0) is 6.61 Å². The molecule has 0 aliphatic heterocycles. The van der Waals surface area contributed by atoms with Gasteiger partial charge in [0.1, 0.15) is 29.7 Å². The summed E-state index contributed by atoms with van der Waals surface area (Å²) in [5.74, 6) is 1.46. The van der Waals surface area contributed by atoms with Crippen LogP contribution in [0.3, 0.4) is 0 Å². The SMILES string of the molecule is CCC(CC)(CC)C(=O)c1cc(OCc2ccc(OC)cc2)ccc1-c1cc(OC)ccc1F. The Labute approximate surface area is 201 Å². The molecule has 0 bridgehead atoms. The summed E-state index contributed by atoms with van der Waals surface area (Å²) in [7, 11) is 3.16. The van der Waals surface area contributed by atoms with Crippen molar-refractivity contribution < 1.29 is 23.4 Å². The number of rotatable bonds is 11. The maximum Gasteiger partial charge on any atom is 0.169 e. The zero-order valence-electron chi connectivity index (χ0n) is 20.6. The van der Waals surface area contributed by atoms with E-state index in [9.17, 15) is 9.18 Å². The van der Waals surface area contributed by atoms with Gasteiger partial charge in [-0.15, -0.1) is 0 Å². The first kappa shape index (κ1) is 25.3. The fraction of sp³-hybridized carbons (Fsp3) is 0.345. The highest BCUT2D eigenvalue weighted by Gasteiger charge is 2.35. The van der Waals surface area contributed by atoms with Gasteiger partial charge in [0.25, 0.3) is 0 Å². The normalized spacial score (nSPS) is 11.2. The lowest BCUT2D eigenvalue weighted by atomic mass is 9.72. The van der Waals surface area contributed by atoms with Crippen molar-refractivity contribution >= 4 is 5.78 Å². The first-order chi connectivity index (χ1) is 16.4. The monoisotopic (exact) mass is 464 g/mol. The highest BCUT2D eigenvalue weighted by molar-refractivity contribution is 6.06. The molecule has 34 heavy (non-hydrogen) atoms. The summed E-state index contributed by atoms with van der Waals surface area (Å²) in [5, 5.41) is 0. The van der Waals surface area contributed by atoms with Gasteiger partial charge in [-0.25, -0.2) is 4.39 Å². The number of methoxy groups -OCH3 is 2. The van der Waals surface area contributed by atoms with Gasteiger partial charge in [-0.1, -0.05) is 32.9 Å². The molecule has 0 heterocycles. The predicted molar refractivity (Wildman–Crippen MR) is 133 cm³/mol. The molecule has 0 unspecified atom stereocenters. The lowest BCUT2D eigenvalue weighted by molar-refractivity contribution is 0.0766. The number of ether oxygens (including phenoxy) is 3. The number of halogens is 1. The van der Waals surface area contributed by atoms with E-state index in [1.54, 1.807) is 37.4 Å². The standard InChI is InChI=1S/C29H33FO4/c1-6-29(7-2,8-3)28(31)26-18-23(34-19-20-9-11-21(32-4)12-10-20)13-15-24(26)25-17-22(33-5)14-16-27(25)30/h9-18H,6-8,19H2,1-5H3. The van der Waals surface area contributed by atoms with Crippen molar-refractivity contribution in [2.75, 3.05) is 14.2 Å². The number of ketones is 1. The summed E-state index contributed by atoms with van der Waals surface area (Å²) >= 11 is 0. The zero-order chi connectivity index (χ0) is 24.7. The van der Waals surface area contributed by atoms with Crippen LogP contribution in [0.25, 0.3) is 11.1 Å². The summed E-state index contributed by atoms with van der Waals surface area (Å²) in [5.41, 5.74) is 1.80. The Balaban J connectivity index is 2.04. The molecule has 3 rings (SSSR count). The summed E-state index contributed by atoms with van der Waals surface area (Å²) in [6.07, 6.45) is 2.11. The summed E-state index contributed by atoms with van der Waals surface area (Å²) in [6, 6.07) is 17.5. The van der Waals surface area contributed by atoms with Crippen molar-refractivity contribution in [1.82, 2.24) is 0 Å². The van der Waals surface area contributed by atoms with Crippen LogP contribution in [0.1, 0.15) is 56.0 Å². The Morgan fingerprint density at radius 3 is 1.94 bits per heavy atom.